The second kappa shape index (κ2) is 3.05. The van der Waals surface area contributed by atoms with E-state index < -0.39 is 0 Å². The van der Waals surface area contributed by atoms with Crippen LogP contribution in [0.2, 0.25) is 0 Å². The van der Waals surface area contributed by atoms with Crippen LogP contribution in [0, 0.1) is 0 Å². The van der Waals surface area contributed by atoms with Gasteiger partial charge in [0.1, 0.15) is 0 Å². The molecule has 0 aromatic rings. The molecule has 0 spiro atoms. The van der Waals surface area contributed by atoms with Gasteiger partial charge in [-0.3, -0.25) is 4.79 Å². The van der Waals surface area contributed by atoms with Gasteiger partial charge in [0.2, 0.25) is 5.91 Å². The van der Waals surface area contributed by atoms with Crippen molar-refractivity contribution in [3.05, 3.63) is 0 Å². The average molecular weight is 173 g/mol. The first kappa shape index (κ1) is 8.91. The Morgan fingerprint density at radius 3 is 2.55 bits per heavy atom. The van der Waals surface area contributed by atoms with E-state index in [0.717, 1.165) is 12.8 Å². The van der Waals surface area contributed by atoms with Crippen LogP contribution in [0.5, 0.6) is 0 Å². The summed E-state index contributed by atoms with van der Waals surface area (Å²) in [7, 11) is 0. The molecular formula is C8H15NOS. The lowest BCUT2D eigenvalue weighted by Gasteiger charge is -2.14. The maximum Gasteiger partial charge on any atom is 0.233 e. The predicted octanol–water partition coefficient (Wildman–Crippen LogP) is 1.41. The molecule has 0 heterocycles. The summed E-state index contributed by atoms with van der Waals surface area (Å²) >= 11 is 1.59. The Morgan fingerprint density at radius 1 is 1.64 bits per heavy atom. The van der Waals surface area contributed by atoms with E-state index in [1.54, 1.807) is 11.8 Å². The number of thioether (sulfide) groups is 1. The van der Waals surface area contributed by atoms with Crippen molar-refractivity contribution in [3.8, 4) is 0 Å². The van der Waals surface area contributed by atoms with Gasteiger partial charge < -0.3 is 5.32 Å². The quantitative estimate of drug-likeness (QED) is 0.699. The number of hydrogen-bond donors (Lipinski definition) is 1. The van der Waals surface area contributed by atoms with Gasteiger partial charge in [-0.15, -0.1) is 0 Å². The zero-order valence-electron chi connectivity index (χ0n) is 7.31. The van der Waals surface area contributed by atoms with Gasteiger partial charge in [-0.25, -0.2) is 0 Å². The molecule has 0 saturated heterocycles. The van der Waals surface area contributed by atoms with Crippen LogP contribution >= 0.6 is 11.8 Å². The van der Waals surface area contributed by atoms with Gasteiger partial charge in [0, 0.05) is 5.54 Å². The van der Waals surface area contributed by atoms with E-state index in [0.29, 0.717) is 0 Å². The molecule has 1 amide bonds. The van der Waals surface area contributed by atoms with Crippen LogP contribution < -0.4 is 5.32 Å². The molecule has 64 valence electrons. The molecule has 11 heavy (non-hydrogen) atoms. The summed E-state index contributed by atoms with van der Waals surface area (Å²) in [6.45, 7) is 4.03. The fourth-order valence-electron chi connectivity index (χ4n) is 0.819. The lowest BCUT2D eigenvalue weighted by atomic mass is 10.3. The Bertz CT molecular complexity index is 165. The fraction of sp³-hybridized carbons (Fsp3) is 0.875. The highest BCUT2D eigenvalue weighted by molar-refractivity contribution is 7.99. The smallest absolute Gasteiger partial charge is 0.233 e. The molecule has 1 atom stereocenters. The highest BCUT2D eigenvalue weighted by Gasteiger charge is 2.39. The molecule has 0 aromatic heterocycles. The molecule has 1 unspecified atom stereocenters. The Kier molecular flexibility index (Phi) is 2.47. The molecule has 0 radical (unpaired) electrons. The number of carbonyl (C=O) groups is 1. The summed E-state index contributed by atoms with van der Waals surface area (Å²) in [5.41, 5.74) is 0.140. The minimum absolute atomic E-state index is 0.0902. The van der Waals surface area contributed by atoms with E-state index >= 15 is 0 Å². The van der Waals surface area contributed by atoms with Crippen LogP contribution in [0.15, 0.2) is 0 Å². The molecule has 3 heteroatoms. The van der Waals surface area contributed by atoms with Crippen LogP contribution in [-0.2, 0) is 4.79 Å². The molecular weight excluding hydrogens is 158 g/mol. The molecule has 0 bridgehead atoms. The number of amides is 1. The van der Waals surface area contributed by atoms with E-state index in [-0.39, 0.29) is 16.7 Å². The highest BCUT2D eigenvalue weighted by Crippen LogP contribution is 2.34. The van der Waals surface area contributed by atoms with Crippen molar-refractivity contribution in [3.63, 3.8) is 0 Å². The molecule has 1 rings (SSSR count). The first-order valence-corrected chi connectivity index (χ1v) is 5.21. The third kappa shape index (κ3) is 2.40. The number of hydrogen-bond acceptors (Lipinski definition) is 2. The maximum atomic E-state index is 11.3. The predicted molar refractivity (Wildman–Crippen MR) is 48.8 cm³/mol. The van der Waals surface area contributed by atoms with Crippen molar-refractivity contribution in [1.29, 1.82) is 0 Å². The molecule has 1 fully saturated rings. The molecule has 0 aliphatic heterocycles. The van der Waals surface area contributed by atoms with Crippen LogP contribution in [0.1, 0.15) is 26.7 Å². The Balaban J connectivity index is 2.31. The van der Waals surface area contributed by atoms with E-state index in [4.69, 9.17) is 0 Å². The zero-order chi connectivity index (χ0) is 8.48. The van der Waals surface area contributed by atoms with Crippen LogP contribution in [-0.4, -0.2) is 23.0 Å². The minimum Gasteiger partial charge on any atom is -0.350 e. The van der Waals surface area contributed by atoms with Gasteiger partial charge in [0.05, 0.1) is 5.25 Å². The molecule has 1 N–H and O–H groups in total. The van der Waals surface area contributed by atoms with Gasteiger partial charge in [-0.1, -0.05) is 0 Å². The van der Waals surface area contributed by atoms with Crippen molar-refractivity contribution in [2.45, 2.75) is 37.5 Å². The maximum absolute atomic E-state index is 11.3. The summed E-state index contributed by atoms with van der Waals surface area (Å²) in [4.78, 5) is 11.3. The van der Waals surface area contributed by atoms with Crippen molar-refractivity contribution in [2.24, 2.45) is 0 Å². The molecule has 2 nitrogen and oxygen atoms in total. The largest absolute Gasteiger partial charge is 0.350 e. The normalized spacial score (nSPS) is 22.5. The van der Waals surface area contributed by atoms with Crippen LogP contribution in [0.4, 0.5) is 0 Å². The van der Waals surface area contributed by atoms with Crippen LogP contribution in [0.25, 0.3) is 0 Å². The molecule has 1 saturated carbocycles. The van der Waals surface area contributed by atoms with Crippen LogP contribution in [0.3, 0.4) is 0 Å². The zero-order valence-corrected chi connectivity index (χ0v) is 8.12. The first-order valence-electron chi connectivity index (χ1n) is 3.92. The van der Waals surface area contributed by atoms with Gasteiger partial charge in [0.15, 0.2) is 0 Å². The third-order valence-electron chi connectivity index (χ3n) is 2.15. The SMILES string of the molecule is CSC(C)C(=O)NC1(C)CC1. The summed E-state index contributed by atoms with van der Waals surface area (Å²) in [6, 6.07) is 0. The Labute approximate surface area is 72.1 Å². The van der Waals surface area contributed by atoms with Crippen molar-refractivity contribution >= 4 is 17.7 Å². The van der Waals surface area contributed by atoms with E-state index in [2.05, 4.69) is 12.2 Å². The first-order chi connectivity index (χ1) is 5.07. The summed E-state index contributed by atoms with van der Waals surface area (Å²) in [5.74, 6) is 0.178. The topological polar surface area (TPSA) is 29.1 Å². The number of nitrogens with one attached hydrogen (secondary N) is 1. The lowest BCUT2D eigenvalue weighted by Crippen LogP contribution is -2.38. The van der Waals surface area contributed by atoms with E-state index in [9.17, 15) is 4.79 Å². The van der Waals surface area contributed by atoms with Crippen molar-refractivity contribution < 1.29 is 4.79 Å². The van der Waals surface area contributed by atoms with Gasteiger partial charge in [-0.05, 0) is 32.9 Å². The monoisotopic (exact) mass is 173 g/mol. The number of carbonyl (C=O) groups excluding carboxylic acids is 1. The van der Waals surface area contributed by atoms with Gasteiger partial charge in [-0.2, -0.15) is 11.8 Å². The fourth-order valence-corrected chi connectivity index (χ4v) is 1.09. The standard InChI is InChI=1S/C8H15NOS/c1-6(11-3)7(10)9-8(2)4-5-8/h6H,4-5H2,1-3H3,(H,9,10). The van der Waals surface area contributed by atoms with E-state index in [1.165, 1.54) is 0 Å². The second-order valence-electron chi connectivity index (χ2n) is 3.43. The average Bonchev–Trinajstić information content (AvgIpc) is 2.66. The highest BCUT2D eigenvalue weighted by atomic mass is 32.2. The number of rotatable bonds is 3. The van der Waals surface area contributed by atoms with Crippen molar-refractivity contribution in [2.75, 3.05) is 6.26 Å². The van der Waals surface area contributed by atoms with Gasteiger partial charge in [0.25, 0.3) is 0 Å². The molecule has 1 aliphatic carbocycles. The Morgan fingerprint density at radius 2 is 2.18 bits per heavy atom. The minimum atomic E-state index is 0.0902. The third-order valence-corrected chi connectivity index (χ3v) is 3.07. The second-order valence-corrected chi connectivity index (χ2v) is 4.61. The molecule has 1 aliphatic rings. The summed E-state index contributed by atoms with van der Waals surface area (Å²) < 4.78 is 0. The molecule has 0 aromatic carbocycles. The lowest BCUT2D eigenvalue weighted by molar-refractivity contribution is -0.121. The Hall–Kier alpha value is -0.180. The van der Waals surface area contributed by atoms with Crippen molar-refractivity contribution in [1.82, 2.24) is 5.32 Å². The summed E-state index contributed by atoms with van der Waals surface area (Å²) in [5, 5.41) is 3.11. The van der Waals surface area contributed by atoms with Gasteiger partial charge >= 0.3 is 0 Å². The van der Waals surface area contributed by atoms with E-state index in [1.807, 2.05) is 13.2 Å². The summed E-state index contributed by atoms with van der Waals surface area (Å²) in [6.07, 6.45) is 4.24.